The first-order valence-corrected chi connectivity index (χ1v) is 6.92. The van der Waals surface area contributed by atoms with Crippen molar-refractivity contribution in [2.75, 3.05) is 19.8 Å². The molecule has 110 valence electrons. The van der Waals surface area contributed by atoms with Crippen LogP contribution in [0, 0.1) is 0 Å². The van der Waals surface area contributed by atoms with Gasteiger partial charge in [0.25, 0.3) is 11.8 Å². The van der Waals surface area contributed by atoms with Crippen molar-refractivity contribution >= 4 is 17.8 Å². The van der Waals surface area contributed by atoms with Crippen LogP contribution in [-0.4, -0.2) is 48.5 Å². The minimum atomic E-state index is -0.507. The number of hydrogen-bond donors (Lipinski definition) is 0. The summed E-state index contributed by atoms with van der Waals surface area (Å²) in [5.74, 6) is -1.11. The van der Waals surface area contributed by atoms with Crippen LogP contribution in [0.4, 0.5) is 0 Å². The fraction of sp³-hybridized carbons (Fsp3) is 0.400. The number of esters is 1. The Hall–Kier alpha value is -2.21. The lowest BCUT2D eigenvalue weighted by Crippen LogP contribution is -2.34. The number of amides is 2. The standard InChI is InChI=1S/C15H15NO5/c17-13-10-4-1-2-5-11(10)14(18)16(13)7-9-21-15(19)12-6-3-8-20-12/h1-2,4-5,12H,3,6-9H2/t12-/m1/s1. The van der Waals surface area contributed by atoms with Crippen LogP contribution in [0.1, 0.15) is 33.6 Å². The van der Waals surface area contributed by atoms with Crippen molar-refractivity contribution in [3.8, 4) is 0 Å². The smallest absolute Gasteiger partial charge is 0.335 e. The molecule has 6 nitrogen and oxygen atoms in total. The normalized spacial score (nSPS) is 20.8. The zero-order chi connectivity index (χ0) is 14.8. The van der Waals surface area contributed by atoms with E-state index in [9.17, 15) is 14.4 Å². The lowest BCUT2D eigenvalue weighted by Gasteiger charge is -2.15. The molecule has 0 bridgehead atoms. The van der Waals surface area contributed by atoms with E-state index in [1.165, 1.54) is 0 Å². The Morgan fingerprint density at radius 1 is 1.24 bits per heavy atom. The largest absolute Gasteiger partial charge is 0.462 e. The summed E-state index contributed by atoms with van der Waals surface area (Å²) in [7, 11) is 0. The van der Waals surface area contributed by atoms with Crippen molar-refractivity contribution in [2.45, 2.75) is 18.9 Å². The number of ether oxygens (including phenoxy) is 2. The van der Waals surface area contributed by atoms with Gasteiger partial charge in [0, 0.05) is 6.61 Å². The molecule has 2 amide bonds. The maximum Gasteiger partial charge on any atom is 0.335 e. The van der Waals surface area contributed by atoms with Gasteiger partial charge in [-0.1, -0.05) is 12.1 Å². The van der Waals surface area contributed by atoms with Gasteiger partial charge < -0.3 is 9.47 Å². The van der Waals surface area contributed by atoms with Crippen LogP contribution in [0.25, 0.3) is 0 Å². The van der Waals surface area contributed by atoms with Gasteiger partial charge in [0.2, 0.25) is 0 Å². The number of carbonyl (C=O) groups is 3. The van der Waals surface area contributed by atoms with Gasteiger partial charge in [0.15, 0.2) is 6.10 Å². The quantitative estimate of drug-likeness (QED) is 0.611. The lowest BCUT2D eigenvalue weighted by molar-refractivity contribution is -0.154. The van der Waals surface area contributed by atoms with Crippen molar-refractivity contribution < 1.29 is 23.9 Å². The molecule has 0 unspecified atom stereocenters. The lowest BCUT2D eigenvalue weighted by atomic mass is 10.1. The summed E-state index contributed by atoms with van der Waals surface area (Å²) in [6.07, 6.45) is 0.997. The van der Waals surface area contributed by atoms with Crippen LogP contribution < -0.4 is 0 Å². The highest BCUT2D eigenvalue weighted by Gasteiger charge is 2.35. The molecule has 0 N–H and O–H groups in total. The molecule has 2 aliphatic rings. The molecule has 0 saturated carbocycles. The average Bonchev–Trinajstić information content (AvgIpc) is 3.11. The van der Waals surface area contributed by atoms with Crippen LogP contribution in [0.2, 0.25) is 0 Å². The molecular weight excluding hydrogens is 274 g/mol. The molecule has 6 heteroatoms. The zero-order valence-electron chi connectivity index (χ0n) is 11.4. The van der Waals surface area contributed by atoms with Crippen molar-refractivity contribution in [2.24, 2.45) is 0 Å². The fourth-order valence-corrected chi connectivity index (χ4v) is 2.54. The van der Waals surface area contributed by atoms with Crippen LogP contribution in [0.3, 0.4) is 0 Å². The van der Waals surface area contributed by atoms with E-state index in [2.05, 4.69) is 0 Å². The van der Waals surface area contributed by atoms with Crippen LogP contribution in [0.5, 0.6) is 0 Å². The molecule has 0 aliphatic carbocycles. The topological polar surface area (TPSA) is 72.9 Å². The average molecular weight is 289 g/mol. The molecule has 1 saturated heterocycles. The van der Waals surface area contributed by atoms with E-state index in [-0.39, 0.29) is 25.0 Å². The molecule has 0 radical (unpaired) electrons. The van der Waals surface area contributed by atoms with Gasteiger partial charge in [0.05, 0.1) is 17.7 Å². The highest BCUT2D eigenvalue weighted by Crippen LogP contribution is 2.22. The molecule has 2 aliphatic heterocycles. The summed E-state index contributed by atoms with van der Waals surface area (Å²) < 4.78 is 10.3. The van der Waals surface area contributed by atoms with Crippen molar-refractivity contribution in [3.05, 3.63) is 35.4 Å². The summed E-state index contributed by atoms with van der Waals surface area (Å²) in [6.45, 7) is 0.618. The maximum absolute atomic E-state index is 12.1. The number of imide groups is 1. The van der Waals surface area contributed by atoms with Gasteiger partial charge in [0.1, 0.15) is 6.61 Å². The number of hydrogen-bond acceptors (Lipinski definition) is 5. The Morgan fingerprint density at radius 3 is 2.48 bits per heavy atom. The molecule has 1 aromatic carbocycles. The van der Waals surface area contributed by atoms with Crippen LogP contribution in [-0.2, 0) is 14.3 Å². The summed E-state index contributed by atoms with van der Waals surface area (Å²) in [4.78, 5) is 36.9. The molecular formula is C15H15NO5. The van der Waals surface area contributed by atoms with E-state index in [4.69, 9.17) is 9.47 Å². The van der Waals surface area contributed by atoms with Gasteiger partial charge in [-0.3, -0.25) is 14.5 Å². The Labute approximate surface area is 121 Å². The predicted molar refractivity (Wildman–Crippen MR) is 71.7 cm³/mol. The first-order valence-electron chi connectivity index (χ1n) is 6.92. The second-order valence-corrected chi connectivity index (χ2v) is 4.98. The van der Waals surface area contributed by atoms with Crippen LogP contribution >= 0.6 is 0 Å². The van der Waals surface area contributed by atoms with Crippen LogP contribution in [0.15, 0.2) is 24.3 Å². The van der Waals surface area contributed by atoms with E-state index in [1.54, 1.807) is 24.3 Å². The molecule has 0 aromatic heterocycles. The minimum Gasteiger partial charge on any atom is -0.462 e. The molecule has 2 heterocycles. The Kier molecular flexibility index (Phi) is 3.70. The first kappa shape index (κ1) is 13.8. The predicted octanol–water partition coefficient (Wildman–Crippen LogP) is 1.00. The second kappa shape index (κ2) is 5.65. The SMILES string of the molecule is O=C(OCCN1C(=O)c2ccccc2C1=O)[C@H]1CCCO1. The Morgan fingerprint density at radius 2 is 1.90 bits per heavy atom. The van der Waals surface area contributed by atoms with Gasteiger partial charge in [-0.05, 0) is 25.0 Å². The van der Waals surface area contributed by atoms with E-state index in [0.29, 0.717) is 24.2 Å². The van der Waals surface area contributed by atoms with E-state index in [0.717, 1.165) is 11.3 Å². The summed E-state index contributed by atoms with van der Waals surface area (Å²) >= 11 is 0. The third kappa shape index (κ3) is 2.54. The van der Waals surface area contributed by atoms with Crippen molar-refractivity contribution in [3.63, 3.8) is 0 Å². The fourth-order valence-electron chi connectivity index (χ4n) is 2.54. The summed E-state index contributed by atoms with van der Waals surface area (Å²) in [5, 5.41) is 0. The number of fused-ring (bicyclic) bond motifs is 1. The summed E-state index contributed by atoms with van der Waals surface area (Å²) in [6, 6.07) is 6.66. The van der Waals surface area contributed by atoms with Gasteiger partial charge in [-0.25, -0.2) is 4.79 Å². The Balaban J connectivity index is 1.56. The van der Waals surface area contributed by atoms with Crippen molar-refractivity contribution in [1.29, 1.82) is 0 Å². The highest BCUT2D eigenvalue weighted by atomic mass is 16.6. The molecule has 1 aromatic rings. The molecule has 1 fully saturated rings. The summed E-state index contributed by atoms with van der Waals surface area (Å²) in [5.41, 5.74) is 0.793. The molecule has 1 atom stereocenters. The third-order valence-corrected chi connectivity index (χ3v) is 3.63. The molecule has 21 heavy (non-hydrogen) atoms. The van der Waals surface area contributed by atoms with Gasteiger partial charge >= 0.3 is 5.97 Å². The Bertz CT molecular complexity index is 556. The minimum absolute atomic E-state index is 0.00976. The maximum atomic E-state index is 12.1. The first-order chi connectivity index (χ1) is 10.2. The van der Waals surface area contributed by atoms with Gasteiger partial charge in [-0.15, -0.1) is 0 Å². The number of rotatable bonds is 4. The van der Waals surface area contributed by atoms with Crippen molar-refractivity contribution in [1.82, 2.24) is 4.90 Å². The third-order valence-electron chi connectivity index (χ3n) is 3.63. The zero-order valence-corrected chi connectivity index (χ0v) is 11.4. The molecule has 3 rings (SSSR count). The number of benzene rings is 1. The number of carbonyl (C=O) groups excluding carboxylic acids is 3. The van der Waals surface area contributed by atoms with E-state index < -0.39 is 12.1 Å². The molecule has 0 spiro atoms. The van der Waals surface area contributed by atoms with Gasteiger partial charge in [-0.2, -0.15) is 0 Å². The second-order valence-electron chi connectivity index (χ2n) is 4.98. The monoisotopic (exact) mass is 289 g/mol. The van der Waals surface area contributed by atoms with E-state index >= 15 is 0 Å². The highest BCUT2D eigenvalue weighted by molar-refractivity contribution is 6.21. The van der Waals surface area contributed by atoms with E-state index in [1.807, 2.05) is 0 Å². The number of nitrogens with zero attached hydrogens (tertiary/aromatic N) is 1.